The first kappa shape index (κ1) is 14.9. The molecular weight excluding hydrogens is 340 g/mol. The molecule has 0 atom stereocenters. The van der Waals surface area contributed by atoms with Gasteiger partial charge in [-0.15, -0.1) is 11.3 Å². The third kappa shape index (κ3) is 3.77. The first-order valence-corrected chi connectivity index (χ1v) is 7.85. The molecule has 0 saturated carbocycles. The number of hydrogen-bond donors (Lipinski definition) is 1. The van der Waals surface area contributed by atoms with Gasteiger partial charge in [-0.1, -0.05) is 0 Å². The van der Waals surface area contributed by atoms with E-state index in [1.54, 1.807) is 18.0 Å². The lowest BCUT2D eigenvalue weighted by molar-refractivity contribution is -0.116. The van der Waals surface area contributed by atoms with Crippen molar-refractivity contribution in [2.45, 2.75) is 20.4 Å². The highest BCUT2D eigenvalue weighted by atomic mass is 79.9. The number of hydrogen-bond acceptors (Lipinski definition) is 5. The quantitative estimate of drug-likeness (QED) is 0.837. The van der Waals surface area contributed by atoms with Gasteiger partial charge in [0.15, 0.2) is 5.13 Å². The Balaban J connectivity index is 1.99. The van der Waals surface area contributed by atoms with Crippen molar-refractivity contribution in [3.63, 3.8) is 0 Å². The number of carbonyl (C=O) groups excluding carboxylic acids is 1. The molecule has 7 heteroatoms. The van der Waals surface area contributed by atoms with Gasteiger partial charge in [-0.05, 0) is 35.0 Å². The van der Waals surface area contributed by atoms with Crippen molar-refractivity contribution >= 4 is 44.0 Å². The number of aromatic nitrogens is 2. The highest BCUT2D eigenvalue weighted by Gasteiger charge is 2.13. The van der Waals surface area contributed by atoms with Crippen molar-refractivity contribution in [1.29, 1.82) is 0 Å². The number of amides is 1. The van der Waals surface area contributed by atoms with Gasteiger partial charge in [0.25, 0.3) is 0 Å². The van der Waals surface area contributed by atoms with Gasteiger partial charge in [-0.3, -0.25) is 9.69 Å². The molecule has 20 heavy (non-hydrogen) atoms. The van der Waals surface area contributed by atoms with E-state index in [4.69, 9.17) is 0 Å². The second-order valence-corrected chi connectivity index (χ2v) is 5.76. The smallest absolute Gasteiger partial charge is 0.225 e. The van der Waals surface area contributed by atoms with Crippen LogP contribution in [0, 0.1) is 0 Å². The van der Waals surface area contributed by atoms with Crippen LogP contribution in [0.5, 0.6) is 0 Å². The van der Waals surface area contributed by atoms with E-state index in [2.05, 4.69) is 31.2 Å². The molecule has 2 aromatic heterocycles. The molecule has 5 nitrogen and oxygen atoms in total. The summed E-state index contributed by atoms with van der Waals surface area (Å²) in [5, 5.41) is 5.95. The Bertz CT molecular complexity index is 584. The van der Waals surface area contributed by atoms with E-state index in [-0.39, 0.29) is 5.91 Å². The molecule has 0 saturated heterocycles. The van der Waals surface area contributed by atoms with Crippen molar-refractivity contribution < 1.29 is 4.79 Å². The summed E-state index contributed by atoms with van der Waals surface area (Å²) in [6, 6.07) is 3.82. The average molecular weight is 355 g/mol. The number of rotatable bonds is 5. The predicted octanol–water partition coefficient (Wildman–Crippen LogP) is 3.29. The molecule has 0 aliphatic heterocycles. The zero-order valence-electron chi connectivity index (χ0n) is 11.3. The topological polar surface area (TPSA) is 58.1 Å². The lowest BCUT2D eigenvalue weighted by atomic mass is 10.4. The van der Waals surface area contributed by atoms with E-state index in [1.165, 1.54) is 11.3 Å². The number of anilines is 2. The average Bonchev–Trinajstić information content (AvgIpc) is 2.87. The molecule has 2 rings (SSSR count). The van der Waals surface area contributed by atoms with Gasteiger partial charge in [0.05, 0.1) is 24.1 Å². The summed E-state index contributed by atoms with van der Waals surface area (Å²) in [5.74, 6) is 0.0125. The van der Waals surface area contributed by atoms with Gasteiger partial charge < -0.3 is 5.32 Å². The van der Waals surface area contributed by atoms with Crippen LogP contribution >= 0.6 is 27.3 Å². The molecular formula is C13H15BrN4OS. The highest BCUT2D eigenvalue weighted by molar-refractivity contribution is 9.10. The van der Waals surface area contributed by atoms with E-state index in [0.717, 1.165) is 21.1 Å². The van der Waals surface area contributed by atoms with Crippen molar-refractivity contribution in [3.05, 3.63) is 34.0 Å². The van der Waals surface area contributed by atoms with Crippen molar-refractivity contribution in [2.24, 2.45) is 0 Å². The third-order valence-corrected chi connectivity index (χ3v) is 4.05. The Morgan fingerprint density at radius 3 is 2.90 bits per heavy atom. The third-order valence-electron chi connectivity index (χ3n) is 2.67. The normalized spacial score (nSPS) is 10.3. The molecule has 0 radical (unpaired) electrons. The number of nitrogens with zero attached hydrogens (tertiary/aromatic N) is 3. The number of nitrogens with one attached hydrogen (secondary N) is 1. The van der Waals surface area contributed by atoms with Crippen LogP contribution in [-0.4, -0.2) is 22.4 Å². The van der Waals surface area contributed by atoms with Crippen LogP contribution in [0.1, 0.15) is 19.5 Å². The summed E-state index contributed by atoms with van der Waals surface area (Å²) < 4.78 is 0.805. The molecule has 1 amide bonds. The largest absolute Gasteiger partial charge is 0.378 e. The van der Waals surface area contributed by atoms with Gasteiger partial charge >= 0.3 is 0 Å². The summed E-state index contributed by atoms with van der Waals surface area (Å²) >= 11 is 4.77. The van der Waals surface area contributed by atoms with Crippen LogP contribution in [-0.2, 0) is 11.3 Å². The second-order valence-electron chi connectivity index (χ2n) is 4.11. The molecule has 0 aromatic carbocycles. The number of carbonyl (C=O) groups is 1. The summed E-state index contributed by atoms with van der Waals surface area (Å²) in [6.07, 6.45) is 1.76. The maximum atomic E-state index is 11.5. The minimum Gasteiger partial charge on any atom is -0.378 e. The number of halogens is 1. The van der Waals surface area contributed by atoms with E-state index >= 15 is 0 Å². The van der Waals surface area contributed by atoms with Crippen LogP contribution in [0.4, 0.5) is 10.8 Å². The maximum Gasteiger partial charge on any atom is 0.225 e. The minimum atomic E-state index is 0.0125. The molecule has 106 valence electrons. The lowest BCUT2D eigenvalue weighted by Crippen LogP contribution is -2.27. The standard InChI is InChI=1S/C13H15BrN4OS/c1-3-18(9(2)19)13-17-11(8-20-13)7-15-10-4-5-12(14)16-6-10/h4-6,8,15H,3,7H2,1-2H3. The Hall–Kier alpha value is -1.47. The van der Waals surface area contributed by atoms with Crippen LogP contribution in [0.2, 0.25) is 0 Å². The van der Waals surface area contributed by atoms with E-state index in [1.807, 2.05) is 24.4 Å². The van der Waals surface area contributed by atoms with Crippen molar-refractivity contribution in [3.8, 4) is 0 Å². The SMILES string of the molecule is CCN(C(C)=O)c1nc(CNc2ccc(Br)nc2)cs1. The first-order valence-electron chi connectivity index (χ1n) is 6.18. The predicted molar refractivity (Wildman–Crippen MR) is 85.1 cm³/mol. The molecule has 0 fully saturated rings. The van der Waals surface area contributed by atoms with Gasteiger partial charge in [0.1, 0.15) is 4.60 Å². The highest BCUT2D eigenvalue weighted by Crippen LogP contribution is 2.21. The Morgan fingerprint density at radius 1 is 1.50 bits per heavy atom. The monoisotopic (exact) mass is 354 g/mol. The second kappa shape index (κ2) is 6.81. The Labute approximate surface area is 130 Å². The van der Waals surface area contributed by atoms with E-state index in [0.29, 0.717) is 13.1 Å². The summed E-state index contributed by atoms with van der Waals surface area (Å²) in [6.45, 7) is 4.73. The maximum absolute atomic E-state index is 11.5. The molecule has 1 N–H and O–H groups in total. The van der Waals surface area contributed by atoms with Crippen molar-refractivity contribution in [2.75, 3.05) is 16.8 Å². The van der Waals surface area contributed by atoms with Crippen LogP contribution < -0.4 is 10.2 Å². The fourth-order valence-electron chi connectivity index (χ4n) is 1.67. The zero-order valence-corrected chi connectivity index (χ0v) is 13.7. The van der Waals surface area contributed by atoms with E-state index in [9.17, 15) is 4.79 Å². The molecule has 0 bridgehead atoms. The molecule has 0 aliphatic rings. The van der Waals surface area contributed by atoms with Crippen molar-refractivity contribution in [1.82, 2.24) is 9.97 Å². The Morgan fingerprint density at radius 2 is 2.30 bits per heavy atom. The number of thiazole rings is 1. The van der Waals surface area contributed by atoms with Gasteiger partial charge in [-0.25, -0.2) is 9.97 Å². The molecule has 2 aromatic rings. The minimum absolute atomic E-state index is 0.0125. The van der Waals surface area contributed by atoms with Gasteiger partial charge in [0, 0.05) is 18.8 Å². The molecule has 0 unspecified atom stereocenters. The number of pyridine rings is 1. The van der Waals surface area contributed by atoms with E-state index < -0.39 is 0 Å². The molecule has 0 spiro atoms. The van der Waals surface area contributed by atoms with Gasteiger partial charge in [0.2, 0.25) is 5.91 Å². The fraction of sp³-hybridized carbons (Fsp3) is 0.308. The van der Waals surface area contributed by atoms with Crippen LogP contribution in [0.15, 0.2) is 28.3 Å². The first-order chi connectivity index (χ1) is 9.60. The zero-order chi connectivity index (χ0) is 14.5. The Kier molecular flexibility index (Phi) is 5.08. The summed E-state index contributed by atoms with van der Waals surface area (Å²) in [5.41, 5.74) is 1.84. The lowest BCUT2D eigenvalue weighted by Gasteiger charge is -2.14. The summed E-state index contributed by atoms with van der Waals surface area (Å²) in [7, 11) is 0. The molecule has 2 heterocycles. The molecule has 0 aliphatic carbocycles. The summed E-state index contributed by atoms with van der Waals surface area (Å²) in [4.78, 5) is 21.7. The van der Waals surface area contributed by atoms with Crippen LogP contribution in [0.3, 0.4) is 0 Å². The van der Waals surface area contributed by atoms with Crippen LogP contribution in [0.25, 0.3) is 0 Å². The fourth-order valence-corrected chi connectivity index (χ4v) is 2.83. The van der Waals surface area contributed by atoms with Gasteiger partial charge in [-0.2, -0.15) is 0 Å².